The Hall–Kier alpha value is -6.11. The minimum Gasteiger partial charge on any atom is -0.460 e. The second-order valence-electron chi connectivity index (χ2n) is 12.5. The van der Waals surface area contributed by atoms with Crippen molar-refractivity contribution in [2.24, 2.45) is 14.1 Å². The van der Waals surface area contributed by atoms with Gasteiger partial charge >= 0.3 is 12.1 Å². The van der Waals surface area contributed by atoms with E-state index in [1.54, 1.807) is 98.7 Å². The molecule has 0 aliphatic heterocycles. The van der Waals surface area contributed by atoms with Gasteiger partial charge in [0.05, 0.1) is 5.69 Å². The molecule has 0 aliphatic carbocycles. The molecule has 0 spiro atoms. The van der Waals surface area contributed by atoms with Gasteiger partial charge in [-0.05, 0) is 81.3 Å². The number of ether oxygens (including phenoxy) is 2. The standard InChI is InChI=1S/C37H42N6O7/c1-7-19-49-36(48)41-28-17-15-27(16-18-28)40-34(46)30-20-25(22-42(30)5)24-11-13-26(14-12-24)39-35(47)31-21-29(23-43(31)6)38-32(44)9-8-10-33(45)50-37(2,3)4/h7,11-18,20-23H,1,8-10,19H2,2-6H3,(H,38,44)(H,39,47)(H,40,46)(H,41,48). The number of aryl methyl sites for hydroxylation is 2. The van der Waals surface area contributed by atoms with Gasteiger partial charge in [0.25, 0.3) is 11.8 Å². The average molecular weight is 683 g/mol. The zero-order valence-corrected chi connectivity index (χ0v) is 28.8. The zero-order chi connectivity index (χ0) is 36.4. The Morgan fingerprint density at radius 1 is 0.700 bits per heavy atom. The van der Waals surface area contributed by atoms with Crippen LogP contribution in [-0.2, 0) is 33.2 Å². The van der Waals surface area contributed by atoms with E-state index in [1.807, 2.05) is 18.3 Å². The van der Waals surface area contributed by atoms with Crippen molar-refractivity contribution in [3.63, 3.8) is 0 Å². The molecule has 4 N–H and O–H groups in total. The number of carbonyl (C=O) groups excluding carboxylic acids is 5. The van der Waals surface area contributed by atoms with Gasteiger partial charge in [-0.3, -0.25) is 24.5 Å². The highest BCUT2D eigenvalue weighted by Crippen LogP contribution is 2.25. The van der Waals surface area contributed by atoms with Crippen LogP contribution in [0, 0.1) is 0 Å². The van der Waals surface area contributed by atoms with Crippen molar-refractivity contribution in [2.75, 3.05) is 27.9 Å². The molecule has 2 heterocycles. The normalized spacial score (nSPS) is 10.9. The molecule has 0 radical (unpaired) electrons. The smallest absolute Gasteiger partial charge is 0.411 e. The summed E-state index contributed by atoms with van der Waals surface area (Å²) in [6.07, 6.45) is 4.97. The van der Waals surface area contributed by atoms with Crippen LogP contribution in [0.1, 0.15) is 61.0 Å². The van der Waals surface area contributed by atoms with Crippen LogP contribution >= 0.6 is 0 Å². The first-order chi connectivity index (χ1) is 23.7. The van der Waals surface area contributed by atoms with E-state index in [-0.39, 0.29) is 43.1 Å². The minimum atomic E-state index is -0.605. The average Bonchev–Trinajstić information content (AvgIpc) is 3.62. The topological polar surface area (TPSA) is 162 Å². The van der Waals surface area contributed by atoms with E-state index in [4.69, 9.17) is 9.47 Å². The van der Waals surface area contributed by atoms with E-state index in [2.05, 4.69) is 27.8 Å². The molecule has 262 valence electrons. The lowest BCUT2D eigenvalue weighted by atomic mass is 10.1. The molecule has 2 aromatic heterocycles. The van der Waals surface area contributed by atoms with Crippen molar-refractivity contribution in [1.29, 1.82) is 0 Å². The molecule has 0 bridgehead atoms. The largest absolute Gasteiger partial charge is 0.460 e. The van der Waals surface area contributed by atoms with Gasteiger partial charge in [-0.1, -0.05) is 24.8 Å². The third kappa shape index (κ3) is 10.7. The Morgan fingerprint density at radius 2 is 1.24 bits per heavy atom. The Morgan fingerprint density at radius 3 is 1.82 bits per heavy atom. The van der Waals surface area contributed by atoms with Gasteiger partial charge in [0.15, 0.2) is 0 Å². The van der Waals surface area contributed by atoms with E-state index in [1.165, 1.54) is 6.08 Å². The number of carbonyl (C=O) groups is 5. The highest BCUT2D eigenvalue weighted by atomic mass is 16.6. The van der Waals surface area contributed by atoms with E-state index in [9.17, 15) is 24.0 Å². The summed E-state index contributed by atoms with van der Waals surface area (Å²) in [5, 5.41) is 11.1. The maximum atomic E-state index is 13.1. The van der Waals surface area contributed by atoms with E-state index < -0.39 is 11.7 Å². The summed E-state index contributed by atoms with van der Waals surface area (Å²) in [7, 11) is 3.48. The lowest BCUT2D eigenvalue weighted by Gasteiger charge is -2.19. The highest BCUT2D eigenvalue weighted by molar-refractivity contribution is 6.05. The van der Waals surface area contributed by atoms with Crippen LogP contribution in [-0.4, -0.2) is 51.1 Å². The summed E-state index contributed by atoms with van der Waals surface area (Å²) in [6, 6.07) is 17.2. The maximum Gasteiger partial charge on any atom is 0.411 e. The molecule has 13 heteroatoms. The van der Waals surface area contributed by atoms with Crippen LogP contribution in [0.25, 0.3) is 11.1 Å². The van der Waals surface area contributed by atoms with E-state index >= 15 is 0 Å². The molecule has 0 fully saturated rings. The Bertz CT molecular complexity index is 1870. The second-order valence-corrected chi connectivity index (χ2v) is 12.5. The third-order valence-electron chi connectivity index (χ3n) is 7.16. The molecule has 4 aromatic rings. The molecular weight excluding hydrogens is 640 g/mol. The quantitative estimate of drug-likeness (QED) is 0.0899. The number of aromatic nitrogens is 2. The van der Waals surface area contributed by atoms with Gasteiger partial charge < -0.3 is 34.6 Å². The minimum absolute atomic E-state index is 0.0979. The number of nitrogens with zero attached hydrogens (tertiary/aromatic N) is 2. The van der Waals surface area contributed by atoms with Crippen molar-refractivity contribution in [3.05, 3.63) is 97.1 Å². The number of hydrogen-bond acceptors (Lipinski definition) is 7. The first-order valence-electron chi connectivity index (χ1n) is 15.9. The van der Waals surface area contributed by atoms with E-state index in [0.29, 0.717) is 40.6 Å². The number of rotatable bonds is 13. The Balaban J connectivity index is 1.30. The molecule has 0 atom stereocenters. The first-order valence-corrected chi connectivity index (χ1v) is 15.9. The predicted octanol–water partition coefficient (Wildman–Crippen LogP) is 6.72. The number of hydrogen-bond donors (Lipinski definition) is 4. The molecule has 50 heavy (non-hydrogen) atoms. The molecule has 0 saturated carbocycles. The summed E-state index contributed by atoms with van der Waals surface area (Å²) >= 11 is 0. The first kappa shape index (κ1) is 36.7. The lowest BCUT2D eigenvalue weighted by molar-refractivity contribution is -0.154. The van der Waals surface area contributed by atoms with Crippen LogP contribution in [0.3, 0.4) is 0 Å². The van der Waals surface area contributed by atoms with Gasteiger partial charge in [0, 0.05) is 62.0 Å². The monoisotopic (exact) mass is 682 g/mol. The summed E-state index contributed by atoms with van der Waals surface area (Å²) in [5.74, 6) is -1.29. The lowest BCUT2D eigenvalue weighted by Crippen LogP contribution is -2.23. The van der Waals surface area contributed by atoms with Gasteiger partial charge in [-0.2, -0.15) is 0 Å². The molecule has 0 unspecified atom stereocenters. The van der Waals surface area contributed by atoms with Crippen LogP contribution in [0.5, 0.6) is 0 Å². The molecule has 4 rings (SSSR count). The summed E-state index contributed by atoms with van der Waals surface area (Å²) in [6.45, 7) is 8.96. The number of nitrogens with one attached hydrogen (secondary N) is 4. The van der Waals surface area contributed by atoms with Crippen LogP contribution < -0.4 is 21.3 Å². The second kappa shape index (κ2) is 16.3. The molecule has 4 amide bonds. The molecule has 0 saturated heterocycles. The fourth-order valence-electron chi connectivity index (χ4n) is 4.88. The highest BCUT2D eigenvalue weighted by Gasteiger charge is 2.18. The van der Waals surface area contributed by atoms with Gasteiger partial charge in [0.1, 0.15) is 23.6 Å². The van der Waals surface area contributed by atoms with Crippen LogP contribution in [0.15, 0.2) is 85.7 Å². The maximum absolute atomic E-state index is 13.1. The van der Waals surface area contributed by atoms with Gasteiger partial charge in [0.2, 0.25) is 5.91 Å². The van der Waals surface area contributed by atoms with Gasteiger partial charge in [-0.25, -0.2) is 4.79 Å². The van der Waals surface area contributed by atoms with Crippen LogP contribution in [0.2, 0.25) is 0 Å². The Kier molecular flexibility index (Phi) is 12.0. The van der Waals surface area contributed by atoms with Crippen molar-refractivity contribution >= 4 is 52.5 Å². The van der Waals surface area contributed by atoms with E-state index in [0.717, 1.165) is 11.1 Å². The predicted molar refractivity (Wildman–Crippen MR) is 192 cm³/mol. The molecule has 2 aromatic carbocycles. The number of esters is 1. The van der Waals surface area contributed by atoms with Crippen molar-refractivity contribution in [2.45, 2.75) is 45.6 Å². The summed E-state index contributed by atoms with van der Waals surface area (Å²) < 4.78 is 13.5. The zero-order valence-electron chi connectivity index (χ0n) is 28.8. The Labute approximate surface area is 290 Å². The number of anilines is 4. The van der Waals surface area contributed by atoms with Crippen molar-refractivity contribution < 1.29 is 33.4 Å². The molecule has 13 nitrogen and oxygen atoms in total. The third-order valence-corrected chi connectivity index (χ3v) is 7.16. The molecular formula is C37H42N6O7. The fourth-order valence-corrected chi connectivity index (χ4v) is 4.88. The van der Waals surface area contributed by atoms with Crippen molar-refractivity contribution in [1.82, 2.24) is 9.13 Å². The van der Waals surface area contributed by atoms with Gasteiger partial charge in [-0.15, -0.1) is 0 Å². The number of benzene rings is 2. The van der Waals surface area contributed by atoms with Crippen molar-refractivity contribution in [3.8, 4) is 11.1 Å². The summed E-state index contributed by atoms with van der Waals surface area (Å²) in [5.41, 5.74) is 3.94. The molecule has 0 aliphatic rings. The number of amides is 4. The van der Waals surface area contributed by atoms with Crippen LogP contribution in [0.4, 0.5) is 27.5 Å². The SMILES string of the molecule is C=CCOC(=O)Nc1ccc(NC(=O)c2cc(-c3ccc(NC(=O)c4cc(NC(=O)CCCC(=O)OC(C)(C)C)cn4C)cc3)cn2C)cc1. The summed E-state index contributed by atoms with van der Waals surface area (Å²) in [4.78, 5) is 62.1. The fraction of sp³-hybridized carbons (Fsp3) is 0.270.